The highest BCUT2D eigenvalue weighted by Crippen LogP contribution is 2.32. The molecule has 0 spiro atoms. The van der Waals surface area contributed by atoms with Crippen molar-refractivity contribution in [3.63, 3.8) is 0 Å². The monoisotopic (exact) mass is 203 g/mol. The summed E-state index contributed by atoms with van der Waals surface area (Å²) in [5.41, 5.74) is 2.71. The zero-order valence-corrected chi connectivity index (χ0v) is 9.15. The van der Waals surface area contributed by atoms with E-state index in [4.69, 9.17) is 4.74 Å². The Kier molecular flexibility index (Phi) is 2.17. The minimum Gasteiger partial charge on any atom is -0.381 e. The molecule has 0 amide bonds. The van der Waals surface area contributed by atoms with Crippen molar-refractivity contribution in [1.82, 2.24) is 0 Å². The number of benzene rings is 1. The van der Waals surface area contributed by atoms with Gasteiger partial charge in [0.25, 0.3) is 0 Å². The lowest BCUT2D eigenvalue weighted by Crippen LogP contribution is -2.21. The molecule has 2 heteroatoms. The van der Waals surface area contributed by atoms with Crippen molar-refractivity contribution in [3.05, 3.63) is 29.8 Å². The minimum atomic E-state index is 0.770. The predicted molar refractivity (Wildman–Crippen MR) is 61.2 cm³/mol. The van der Waals surface area contributed by atoms with Crippen LogP contribution in [0, 0.1) is 18.8 Å². The summed E-state index contributed by atoms with van der Waals surface area (Å²) in [6.07, 6.45) is 0. The standard InChI is InChI=1S/C13H17NO/c1-10-2-4-13(5-3-10)14-6-11-8-15-9-12(11)7-14/h2-5,11-12H,6-9H2,1H3/t11-,12+. The highest BCUT2D eigenvalue weighted by molar-refractivity contribution is 5.48. The van der Waals surface area contributed by atoms with Gasteiger partial charge in [-0.3, -0.25) is 0 Å². The summed E-state index contributed by atoms with van der Waals surface area (Å²) in [7, 11) is 0. The first-order chi connectivity index (χ1) is 7.33. The van der Waals surface area contributed by atoms with Gasteiger partial charge in [0, 0.05) is 30.6 Å². The topological polar surface area (TPSA) is 12.5 Å². The number of anilines is 1. The van der Waals surface area contributed by atoms with Crippen molar-refractivity contribution >= 4 is 5.69 Å². The third-order valence-electron chi connectivity index (χ3n) is 3.64. The third-order valence-corrected chi connectivity index (χ3v) is 3.64. The molecule has 0 aromatic heterocycles. The zero-order valence-electron chi connectivity index (χ0n) is 9.15. The molecule has 1 aromatic carbocycles. The second-order valence-corrected chi connectivity index (χ2v) is 4.80. The van der Waals surface area contributed by atoms with Crippen molar-refractivity contribution in [2.75, 3.05) is 31.2 Å². The van der Waals surface area contributed by atoms with Crippen molar-refractivity contribution in [2.45, 2.75) is 6.92 Å². The summed E-state index contributed by atoms with van der Waals surface area (Å²) in [5, 5.41) is 0. The van der Waals surface area contributed by atoms with E-state index >= 15 is 0 Å². The smallest absolute Gasteiger partial charge is 0.0515 e. The molecule has 2 aliphatic heterocycles. The van der Waals surface area contributed by atoms with Crippen LogP contribution >= 0.6 is 0 Å². The number of aryl methyl sites for hydroxylation is 1. The Hall–Kier alpha value is -1.02. The Morgan fingerprint density at radius 2 is 1.67 bits per heavy atom. The van der Waals surface area contributed by atoms with E-state index in [1.165, 1.54) is 24.3 Å². The van der Waals surface area contributed by atoms with Crippen LogP contribution in [0.25, 0.3) is 0 Å². The normalized spacial score (nSPS) is 29.5. The summed E-state index contributed by atoms with van der Waals surface area (Å²) in [6.45, 7) is 6.41. The first kappa shape index (κ1) is 9.22. The molecule has 0 unspecified atom stereocenters. The Morgan fingerprint density at radius 1 is 1.07 bits per heavy atom. The Morgan fingerprint density at radius 3 is 2.27 bits per heavy atom. The molecular formula is C13H17NO. The maximum absolute atomic E-state index is 5.49. The molecule has 2 saturated heterocycles. The first-order valence-corrected chi connectivity index (χ1v) is 5.72. The van der Waals surface area contributed by atoms with E-state index in [9.17, 15) is 0 Å². The highest BCUT2D eigenvalue weighted by Gasteiger charge is 2.36. The maximum Gasteiger partial charge on any atom is 0.0515 e. The Labute approximate surface area is 90.8 Å². The van der Waals surface area contributed by atoms with Crippen LogP contribution in [0.15, 0.2) is 24.3 Å². The molecule has 3 rings (SSSR count). The van der Waals surface area contributed by atoms with E-state index in [-0.39, 0.29) is 0 Å². The second kappa shape index (κ2) is 3.53. The number of nitrogens with zero attached hydrogens (tertiary/aromatic N) is 1. The zero-order chi connectivity index (χ0) is 10.3. The SMILES string of the molecule is Cc1ccc(N2C[C@H]3COC[C@H]3C2)cc1. The van der Waals surface area contributed by atoms with Crippen molar-refractivity contribution in [3.8, 4) is 0 Å². The van der Waals surface area contributed by atoms with Gasteiger partial charge in [0.15, 0.2) is 0 Å². The lowest BCUT2D eigenvalue weighted by molar-refractivity contribution is 0.177. The number of rotatable bonds is 1. The van der Waals surface area contributed by atoms with Gasteiger partial charge in [0.05, 0.1) is 13.2 Å². The van der Waals surface area contributed by atoms with Gasteiger partial charge in [0.2, 0.25) is 0 Å². The molecule has 15 heavy (non-hydrogen) atoms. The molecule has 2 fully saturated rings. The lowest BCUT2D eigenvalue weighted by Gasteiger charge is -2.19. The van der Waals surface area contributed by atoms with E-state index in [1.807, 2.05) is 0 Å². The van der Waals surface area contributed by atoms with E-state index in [0.29, 0.717) is 0 Å². The summed E-state index contributed by atoms with van der Waals surface area (Å²) in [4.78, 5) is 2.50. The van der Waals surface area contributed by atoms with Crippen LogP contribution in [0.4, 0.5) is 5.69 Å². The first-order valence-electron chi connectivity index (χ1n) is 5.72. The van der Waals surface area contributed by atoms with E-state index in [0.717, 1.165) is 25.0 Å². The van der Waals surface area contributed by atoms with E-state index in [1.54, 1.807) is 0 Å². The summed E-state index contributed by atoms with van der Waals surface area (Å²) in [6, 6.07) is 8.86. The van der Waals surface area contributed by atoms with Crippen molar-refractivity contribution < 1.29 is 4.74 Å². The fourth-order valence-corrected chi connectivity index (χ4v) is 2.65. The molecule has 0 N–H and O–H groups in total. The predicted octanol–water partition coefficient (Wildman–Crippen LogP) is 2.08. The van der Waals surface area contributed by atoms with Gasteiger partial charge in [-0.25, -0.2) is 0 Å². The molecule has 2 atom stereocenters. The fraction of sp³-hybridized carbons (Fsp3) is 0.538. The number of ether oxygens (including phenoxy) is 1. The molecular weight excluding hydrogens is 186 g/mol. The number of hydrogen-bond acceptors (Lipinski definition) is 2. The summed E-state index contributed by atoms with van der Waals surface area (Å²) >= 11 is 0. The molecule has 2 nitrogen and oxygen atoms in total. The van der Waals surface area contributed by atoms with Gasteiger partial charge in [-0.15, -0.1) is 0 Å². The van der Waals surface area contributed by atoms with Gasteiger partial charge in [-0.2, -0.15) is 0 Å². The van der Waals surface area contributed by atoms with Gasteiger partial charge >= 0.3 is 0 Å². The Bertz CT molecular complexity index is 334. The van der Waals surface area contributed by atoms with Crippen LogP contribution in [-0.4, -0.2) is 26.3 Å². The highest BCUT2D eigenvalue weighted by atomic mass is 16.5. The van der Waals surface area contributed by atoms with Crippen molar-refractivity contribution in [1.29, 1.82) is 0 Å². The van der Waals surface area contributed by atoms with Crippen molar-refractivity contribution in [2.24, 2.45) is 11.8 Å². The van der Waals surface area contributed by atoms with E-state index < -0.39 is 0 Å². The summed E-state index contributed by atoms with van der Waals surface area (Å²) in [5.74, 6) is 1.54. The number of fused-ring (bicyclic) bond motifs is 1. The van der Waals surface area contributed by atoms with E-state index in [2.05, 4.69) is 36.1 Å². The molecule has 2 heterocycles. The second-order valence-electron chi connectivity index (χ2n) is 4.80. The van der Waals surface area contributed by atoms with Gasteiger partial charge in [-0.1, -0.05) is 17.7 Å². The Balaban J connectivity index is 1.76. The van der Waals surface area contributed by atoms with Crippen LogP contribution in [0.1, 0.15) is 5.56 Å². The average Bonchev–Trinajstić information content (AvgIpc) is 2.78. The van der Waals surface area contributed by atoms with Crippen LogP contribution in [-0.2, 0) is 4.74 Å². The van der Waals surface area contributed by atoms with Gasteiger partial charge in [-0.05, 0) is 19.1 Å². The lowest BCUT2D eigenvalue weighted by atomic mass is 10.0. The molecule has 0 aliphatic carbocycles. The van der Waals surface area contributed by atoms with Crippen LogP contribution < -0.4 is 4.90 Å². The van der Waals surface area contributed by atoms with Crippen LogP contribution in [0.3, 0.4) is 0 Å². The molecule has 1 aromatic rings. The number of hydrogen-bond donors (Lipinski definition) is 0. The molecule has 0 bridgehead atoms. The molecule has 2 aliphatic rings. The molecule has 0 saturated carbocycles. The third kappa shape index (κ3) is 1.63. The molecule has 80 valence electrons. The van der Waals surface area contributed by atoms with Crippen LogP contribution in [0.5, 0.6) is 0 Å². The quantitative estimate of drug-likeness (QED) is 0.693. The average molecular weight is 203 g/mol. The molecule has 0 radical (unpaired) electrons. The minimum absolute atomic E-state index is 0.770. The maximum atomic E-state index is 5.49. The van der Waals surface area contributed by atoms with Gasteiger partial charge in [0.1, 0.15) is 0 Å². The van der Waals surface area contributed by atoms with Crippen LogP contribution in [0.2, 0.25) is 0 Å². The fourth-order valence-electron chi connectivity index (χ4n) is 2.65. The summed E-state index contributed by atoms with van der Waals surface area (Å²) < 4.78 is 5.49. The largest absolute Gasteiger partial charge is 0.381 e. The van der Waals surface area contributed by atoms with Gasteiger partial charge < -0.3 is 9.64 Å².